The molecule has 2 atom stereocenters. The molecule has 2 nitrogen and oxygen atoms in total. The maximum atomic E-state index is 4.31. The quantitative estimate of drug-likeness (QED) is 0.648. The molecule has 0 saturated heterocycles. The molecule has 0 spiro atoms. The third kappa shape index (κ3) is 5.95. The molecule has 2 heteroatoms. The first kappa shape index (κ1) is 14.9. The van der Waals surface area contributed by atoms with Crippen molar-refractivity contribution in [2.45, 2.75) is 52.5 Å². The van der Waals surface area contributed by atoms with Gasteiger partial charge in [0.25, 0.3) is 0 Å². The summed E-state index contributed by atoms with van der Waals surface area (Å²) in [5.74, 6) is 1.16. The molecule has 0 saturated carbocycles. The summed E-state index contributed by atoms with van der Waals surface area (Å²) < 4.78 is 0. The number of azo groups is 1. The van der Waals surface area contributed by atoms with E-state index in [1.807, 2.05) is 0 Å². The van der Waals surface area contributed by atoms with E-state index in [0.717, 1.165) is 13.0 Å². The Morgan fingerprint density at radius 2 is 1.67 bits per heavy atom. The zero-order chi connectivity index (χ0) is 13.6. The molecular weight excluding hydrogens is 220 g/mol. The third-order valence-electron chi connectivity index (χ3n) is 2.89. The van der Waals surface area contributed by atoms with Gasteiger partial charge in [-0.1, -0.05) is 44.2 Å². The first-order valence-corrected chi connectivity index (χ1v) is 6.82. The summed E-state index contributed by atoms with van der Waals surface area (Å²) in [6.45, 7) is 11.6. The fourth-order valence-corrected chi connectivity index (χ4v) is 1.99. The molecule has 1 aromatic carbocycles. The lowest BCUT2D eigenvalue weighted by atomic mass is 9.91. The number of hydrogen-bond donors (Lipinski definition) is 0. The van der Waals surface area contributed by atoms with Crippen LogP contribution in [-0.4, -0.2) is 12.1 Å². The molecule has 0 heterocycles. The zero-order valence-corrected chi connectivity index (χ0v) is 12.4. The standard InChI is InChI=1S/C16H26N2/c1-13(12-17-18-16(3,4)5)11-14(2)15-9-7-6-8-10-15/h6-10,13-14H,11-12H2,1-5H3. The summed E-state index contributed by atoms with van der Waals surface area (Å²) in [7, 11) is 0. The van der Waals surface area contributed by atoms with Crippen molar-refractivity contribution in [3.8, 4) is 0 Å². The Kier molecular flexibility index (Phi) is 5.52. The minimum absolute atomic E-state index is 0.0508. The second-order valence-electron chi connectivity index (χ2n) is 6.25. The van der Waals surface area contributed by atoms with Crippen molar-refractivity contribution >= 4 is 0 Å². The first-order chi connectivity index (χ1) is 8.38. The molecule has 1 rings (SSSR count). The molecule has 0 aliphatic carbocycles. The molecule has 2 unspecified atom stereocenters. The van der Waals surface area contributed by atoms with Crippen molar-refractivity contribution in [3.05, 3.63) is 35.9 Å². The van der Waals surface area contributed by atoms with Crippen LogP contribution in [0.15, 0.2) is 40.6 Å². The van der Waals surface area contributed by atoms with Gasteiger partial charge in [-0.3, -0.25) is 0 Å². The second-order valence-corrected chi connectivity index (χ2v) is 6.25. The van der Waals surface area contributed by atoms with Crippen LogP contribution in [-0.2, 0) is 0 Å². The molecule has 0 fully saturated rings. The normalized spacial score (nSPS) is 15.8. The summed E-state index contributed by atoms with van der Waals surface area (Å²) in [4.78, 5) is 0. The minimum Gasteiger partial charge on any atom is -0.193 e. The third-order valence-corrected chi connectivity index (χ3v) is 2.89. The molecule has 0 aliphatic rings. The SMILES string of the molecule is CC(CN=NC(C)(C)C)CC(C)c1ccccc1. The van der Waals surface area contributed by atoms with Crippen LogP contribution in [0.5, 0.6) is 0 Å². The molecule has 0 bridgehead atoms. The number of hydrogen-bond acceptors (Lipinski definition) is 2. The van der Waals surface area contributed by atoms with E-state index in [-0.39, 0.29) is 5.54 Å². The Hall–Kier alpha value is -1.18. The van der Waals surface area contributed by atoms with Gasteiger partial charge in [0, 0.05) is 0 Å². The molecule has 18 heavy (non-hydrogen) atoms. The molecule has 0 N–H and O–H groups in total. The Morgan fingerprint density at radius 3 is 2.22 bits per heavy atom. The van der Waals surface area contributed by atoms with Gasteiger partial charge in [-0.05, 0) is 44.6 Å². The summed E-state index contributed by atoms with van der Waals surface area (Å²) >= 11 is 0. The summed E-state index contributed by atoms with van der Waals surface area (Å²) in [5, 5.41) is 8.62. The molecule has 0 aromatic heterocycles. The second kappa shape index (κ2) is 6.67. The number of rotatable bonds is 5. The Balaban J connectivity index is 2.41. The van der Waals surface area contributed by atoms with Crippen LogP contribution in [0.1, 0.15) is 52.5 Å². The summed E-state index contributed by atoms with van der Waals surface area (Å²) in [6.07, 6.45) is 1.16. The maximum Gasteiger partial charge on any atom is 0.0732 e. The Bertz CT molecular complexity index is 362. The van der Waals surface area contributed by atoms with Crippen molar-refractivity contribution in [1.82, 2.24) is 0 Å². The lowest BCUT2D eigenvalue weighted by Crippen LogP contribution is -2.10. The van der Waals surface area contributed by atoms with E-state index >= 15 is 0 Å². The first-order valence-electron chi connectivity index (χ1n) is 6.82. The van der Waals surface area contributed by atoms with Crippen LogP contribution in [0.4, 0.5) is 0 Å². The lowest BCUT2D eigenvalue weighted by molar-refractivity contribution is 0.464. The van der Waals surface area contributed by atoms with E-state index in [1.54, 1.807) is 0 Å². The highest BCUT2D eigenvalue weighted by molar-refractivity contribution is 5.18. The van der Waals surface area contributed by atoms with Crippen LogP contribution in [0.3, 0.4) is 0 Å². The van der Waals surface area contributed by atoms with E-state index in [4.69, 9.17) is 0 Å². The van der Waals surface area contributed by atoms with Crippen LogP contribution in [0.2, 0.25) is 0 Å². The van der Waals surface area contributed by atoms with Gasteiger partial charge >= 0.3 is 0 Å². The van der Waals surface area contributed by atoms with Crippen molar-refractivity contribution < 1.29 is 0 Å². The van der Waals surface area contributed by atoms with E-state index in [0.29, 0.717) is 11.8 Å². The van der Waals surface area contributed by atoms with Crippen molar-refractivity contribution in [2.75, 3.05) is 6.54 Å². The van der Waals surface area contributed by atoms with Gasteiger partial charge in [-0.25, -0.2) is 0 Å². The average molecular weight is 246 g/mol. The monoisotopic (exact) mass is 246 g/mol. The smallest absolute Gasteiger partial charge is 0.0732 e. The van der Waals surface area contributed by atoms with Gasteiger partial charge < -0.3 is 0 Å². The van der Waals surface area contributed by atoms with Crippen molar-refractivity contribution in [1.29, 1.82) is 0 Å². The van der Waals surface area contributed by atoms with Gasteiger partial charge in [0.2, 0.25) is 0 Å². The van der Waals surface area contributed by atoms with Gasteiger partial charge in [-0.2, -0.15) is 10.2 Å². The van der Waals surface area contributed by atoms with Gasteiger partial charge in [0.05, 0.1) is 12.1 Å². The molecule has 0 aliphatic heterocycles. The number of nitrogens with zero attached hydrogens (tertiary/aromatic N) is 2. The maximum absolute atomic E-state index is 4.31. The van der Waals surface area contributed by atoms with Gasteiger partial charge in [0.1, 0.15) is 0 Å². The highest BCUT2D eigenvalue weighted by Crippen LogP contribution is 2.23. The Morgan fingerprint density at radius 1 is 1.06 bits per heavy atom. The van der Waals surface area contributed by atoms with Crippen LogP contribution in [0.25, 0.3) is 0 Å². The molecule has 1 aromatic rings. The van der Waals surface area contributed by atoms with E-state index < -0.39 is 0 Å². The summed E-state index contributed by atoms with van der Waals surface area (Å²) in [5.41, 5.74) is 1.36. The van der Waals surface area contributed by atoms with E-state index in [9.17, 15) is 0 Å². The van der Waals surface area contributed by atoms with Crippen LogP contribution in [0, 0.1) is 5.92 Å². The van der Waals surface area contributed by atoms with Crippen molar-refractivity contribution in [3.63, 3.8) is 0 Å². The molecule has 0 radical (unpaired) electrons. The summed E-state index contributed by atoms with van der Waals surface area (Å²) in [6, 6.07) is 10.7. The van der Waals surface area contributed by atoms with Gasteiger partial charge in [-0.15, -0.1) is 0 Å². The Labute approximate surface area is 112 Å². The van der Waals surface area contributed by atoms with Gasteiger partial charge in [0.15, 0.2) is 0 Å². The highest BCUT2D eigenvalue weighted by Gasteiger charge is 2.11. The predicted octanol–water partition coefficient (Wildman–Crippen LogP) is 5.07. The van der Waals surface area contributed by atoms with Crippen LogP contribution < -0.4 is 0 Å². The average Bonchev–Trinajstić information content (AvgIpc) is 2.28. The lowest BCUT2D eigenvalue weighted by Gasteiger charge is -2.16. The molecule has 100 valence electrons. The van der Waals surface area contributed by atoms with Crippen LogP contribution >= 0.6 is 0 Å². The van der Waals surface area contributed by atoms with E-state index in [1.165, 1.54) is 5.56 Å². The predicted molar refractivity (Wildman–Crippen MR) is 78.1 cm³/mol. The fourth-order valence-electron chi connectivity index (χ4n) is 1.99. The van der Waals surface area contributed by atoms with Crippen molar-refractivity contribution in [2.24, 2.45) is 16.1 Å². The fraction of sp³-hybridized carbons (Fsp3) is 0.625. The topological polar surface area (TPSA) is 24.7 Å². The largest absolute Gasteiger partial charge is 0.193 e. The molecule has 0 amide bonds. The molecular formula is C16H26N2. The minimum atomic E-state index is -0.0508. The zero-order valence-electron chi connectivity index (χ0n) is 12.4. The van der Waals surface area contributed by atoms with E-state index in [2.05, 4.69) is 75.2 Å². The number of benzene rings is 1. The highest BCUT2D eigenvalue weighted by atomic mass is 15.1.